The Kier molecular flexibility index (Phi) is 3.54. The molecule has 0 radical (unpaired) electrons. The maximum Gasteiger partial charge on any atom is -0.0318 e. The van der Waals surface area contributed by atoms with Crippen LogP contribution in [-0.4, -0.2) is 0 Å². The molecule has 0 heterocycles. The average Bonchev–Trinajstić information content (AvgIpc) is 2.78. The zero-order chi connectivity index (χ0) is 12.8. The smallest absolute Gasteiger partial charge is 0.0318 e. The zero-order valence-electron chi connectivity index (χ0n) is 12.8. The van der Waals surface area contributed by atoms with E-state index in [1.807, 2.05) is 0 Å². The van der Waals surface area contributed by atoms with Crippen LogP contribution in [0.5, 0.6) is 0 Å². The molecule has 1 fully saturated rings. The molecule has 1 saturated carbocycles. The Balaban J connectivity index is 2.62. The standard InChI is InChI=1S/C16H32/c1-9-15(5,6)12-10-13(12)16(7,8)11-14(2,3)4/h12-13H,9-11H2,1-8H3. The molecule has 1 rings (SSSR count). The van der Waals surface area contributed by atoms with Gasteiger partial charge in [0.05, 0.1) is 0 Å². The maximum absolute atomic E-state index is 2.48. The van der Waals surface area contributed by atoms with Crippen molar-refractivity contribution < 1.29 is 0 Å². The van der Waals surface area contributed by atoms with Crippen molar-refractivity contribution in [2.75, 3.05) is 0 Å². The molecule has 2 atom stereocenters. The van der Waals surface area contributed by atoms with Gasteiger partial charge >= 0.3 is 0 Å². The fraction of sp³-hybridized carbons (Fsp3) is 1.00. The van der Waals surface area contributed by atoms with E-state index in [-0.39, 0.29) is 0 Å². The molecule has 0 aromatic carbocycles. The van der Waals surface area contributed by atoms with Crippen LogP contribution in [-0.2, 0) is 0 Å². The van der Waals surface area contributed by atoms with Gasteiger partial charge in [0.1, 0.15) is 0 Å². The highest BCUT2D eigenvalue weighted by molar-refractivity contribution is 5.02. The third-order valence-electron chi connectivity index (χ3n) is 4.70. The maximum atomic E-state index is 2.48. The molecule has 0 bridgehead atoms. The van der Waals surface area contributed by atoms with Gasteiger partial charge in [-0.05, 0) is 40.9 Å². The summed E-state index contributed by atoms with van der Waals surface area (Å²) < 4.78 is 0. The van der Waals surface area contributed by atoms with Gasteiger partial charge in [0.2, 0.25) is 0 Å². The zero-order valence-corrected chi connectivity index (χ0v) is 12.8. The van der Waals surface area contributed by atoms with Gasteiger partial charge in [0.25, 0.3) is 0 Å². The van der Waals surface area contributed by atoms with Gasteiger partial charge < -0.3 is 0 Å². The lowest BCUT2D eigenvalue weighted by molar-refractivity contribution is 0.151. The van der Waals surface area contributed by atoms with Crippen LogP contribution >= 0.6 is 0 Å². The van der Waals surface area contributed by atoms with Crippen molar-refractivity contribution in [1.29, 1.82) is 0 Å². The Labute approximate surface area is 103 Å². The third kappa shape index (κ3) is 3.25. The van der Waals surface area contributed by atoms with Crippen molar-refractivity contribution in [2.24, 2.45) is 28.1 Å². The largest absolute Gasteiger partial charge is 0.0649 e. The Morgan fingerprint density at radius 2 is 1.25 bits per heavy atom. The van der Waals surface area contributed by atoms with Crippen molar-refractivity contribution in [2.45, 2.75) is 74.7 Å². The topological polar surface area (TPSA) is 0 Å². The Morgan fingerprint density at radius 1 is 0.812 bits per heavy atom. The molecule has 0 heteroatoms. The first-order valence-corrected chi connectivity index (χ1v) is 6.99. The molecule has 0 saturated heterocycles. The lowest BCUT2D eigenvalue weighted by atomic mass is 9.70. The van der Waals surface area contributed by atoms with E-state index in [0.717, 1.165) is 11.8 Å². The third-order valence-corrected chi connectivity index (χ3v) is 4.70. The predicted octanol–water partition coefficient (Wildman–Crippen LogP) is 5.52. The highest BCUT2D eigenvalue weighted by atomic mass is 14.6. The van der Waals surface area contributed by atoms with Gasteiger partial charge in [-0.3, -0.25) is 0 Å². The quantitative estimate of drug-likeness (QED) is 0.589. The van der Waals surface area contributed by atoms with Gasteiger partial charge in [-0.2, -0.15) is 0 Å². The molecule has 1 aliphatic rings. The SMILES string of the molecule is CCC(C)(C)C1CC1C(C)(C)CC(C)(C)C. The number of hydrogen-bond acceptors (Lipinski definition) is 0. The molecule has 96 valence electrons. The Hall–Kier alpha value is 0. The molecule has 0 spiro atoms. The second-order valence-electron chi connectivity index (χ2n) is 8.52. The molecule has 0 N–H and O–H groups in total. The van der Waals surface area contributed by atoms with Crippen molar-refractivity contribution >= 4 is 0 Å². The summed E-state index contributed by atoms with van der Waals surface area (Å²) in [5.41, 5.74) is 1.54. The van der Waals surface area contributed by atoms with E-state index in [4.69, 9.17) is 0 Å². The van der Waals surface area contributed by atoms with E-state index in [1.165, 1.54) is 19.3 Å². The molecule has 1 aliphatic carbocycles. The van der Waals surface area contributed by atoms with Crippen LogP contribution in [0, 0.1) is 28.1 Å². The van der Waals surface area contributed by atoms with E-state index >= 15 is 0 Å². The van der Waals surface area contributed by atoms with Crippen LogP contribution in [0.2, 0.25) is 0 Å². The van der Waals surface area contributed by atoms with Crippen molar-refractivity contribution in [3.8, 4) is 0 Å². The molecule has 0 aromatic rings. The van der Waals surface area contributed by atoms with Gasteiger partial charge in [0.15, 0.2) is 0 Å². The summed E-state index contributed by atoms with van der Waals surface area (Å²) in [6, 6.07) is 0. The molecule has 0 amide bonds. The Bertz CT molecular complexity index is 239. The minimum absolute atomic E-state index is 0.465. The molecule has 0 aliphatic heterocycles. The summed E-state index contributed by atoms with van der Waals surface area (Å²) >= 11 is 0. The summed E-state index contributed by atoms with van der Waals surface area (Å²) in [5.74, 6) is 1.93. The van der Waals surface area contributed by atoms with Gasteiger partial charge in [0, 0.05) is 0 Å². The molecular formula is C16H32. The summed E-state index contributed by atoms with van der Waals surface area (Å²) in [5, 5.41) is 0. The predicted molar refractivity (Wildman–Crippen MR) is 73.5 cm³/mol. The lowest BCUT2D eigenvalue weighted by Gasteiger charge is -2.35. The fourth-order valence-electron chi connectivity index (χ4n) is 3.68. The minimum Gasteiger partial charge on any atom is -0.0649 e. The van der Waals surface area contributed by atoms with Gasteiger partial charge in [-0.25, -0.2) is 0 Å². The van der Waals surface area contributed by atoms with Crippen LogP contribution < -0.4 is 0 Å². The van der Waals surface area contributed by atoms with Crippen molar-refractivity contribution in [1.82, 2.24) is 0 Å². The second kappa shape index (κ2) is 4.03. The summed E-state index contributed by atoms with van der Waals surface area (Å²) in [6.07, 6.45) is 4.13. The normalized spacial score (nSPS) is 27.0. The summed E-state index contributed by atoms with van der Waals surface area (Å²) in [6.45, 7) is 19.3. The van der Waals surface area contributed by atoms with Crippen molar-refractivity contribution in [3.05, 3.63) is 0 Å². The van der Waals surface area contributed by atoms with Crippen LogP contribution in [0.25, 0.3) is 0 Å². The number of hydrogen-bond donors (Lipinski definition) is 0. The van der Waals surface area contributed by atoms with E-state index in [0.29, 0.717) is 16.2 Å². The van der Waals surface area contributed by atoms with Gasteiger partial charge in [-0.15, -0.1) is 0 Å². The average molecular weight is 224 g/mol. The van der Waals surface area contributed by atoms with Crippen LogP contribution in [0.4, 0.5) is 0 Å². The van der Waals surface area contributed by atoms with Crippen LogP contribution in [0.15, 0.2) is 0 Å². The fourth-order valence-corrected chi connectivity index (χ4v) is 3.68. The van der Waals surface area contributed by atoms with Crippen molar-refractivity contribution in [3.63, 3.8) is 0 Å². The molecular weight excluding hydrogens is 192 g/mol. The van der Waals surface area contributed by atoms with E-state index in [1.54, 1.807) is 0 Å². The van der Waals surface area contributed by atoms with Crippen LogP contribution in [0.1, 0.15) is 74.7 Å². The first kappa shape index (κ1) is 14.1. The summed E-state index contributed by atoms with van der Waals surface area (Å²) in [4.78, 5) is 0. The lowest BCUT2D eigenvalue weighted by Crippen LogP contribution is -2.26. The highest BCUT2D eigenvalue weighted by Crippen LogP contribution is 2.61. The Morgan fingerprint density at radius 3 is 1.62 bits per heavy atom. The number of rotatable bonds is 4. The van der Waals surface area contributed by atoms with E-state index in [9.17, 15) is 0 Å². The monoisotopic (exact) mass is 224 g/mol. The molecule has 16 heavy (non-hydrogen) atoms. The highest BCUT2D eigenvalue weighted by Gasteiger charge is 2.53. The van der Waals surface area contributed by atoms with Crippen LogP contribution in [0.3, 0.4) is 0 Å². The minimum atomic E-state index is 0.465. The first-order valence-electron chi connectivity index (χ1n) is 6.99. The second-order valence-corrected chi connectivity index (χ2v) is 8.52. The van der Waals surface area contributed by atoms with E-state index in [2.05, 4.69) is 55.4 Å². The molecule has 2 unspecified atom stereocenters. The first-order chi connectivity index (χ1) is 6.99. The molecule has 0 aromatic heterocycles. The summed E-state index contributed by atoms with van der Waals surface area (Å²) in [7, 11) is 0. The van der Waals surface area contributed by atoms with E-state index < -0.39 is 0 Å². The van der Waals surface area contributed by atoms with Gasteiger partial charge in [-0.1, -0.05) is 61.8 Å². The molecule has 0 nitrogen and oxygen atoms in total.